The normalized spacial score (nSPS) is 20.2. The number of ether oxygens (including phenoxy) is 1. The highest BCUT2D eigenvalue weighted by Gasteiger charge is 2.26. The van der Waals surface area contributed by atoms with Gasteiger partial charge in [0.05, 0.1) is 11.4 Å². The molecule has 14 heavy (non-hydrogen) atoms. The Hall–Kier alpha value is -0.730. The lowest BCUT2D eigenvalue weighted by molar-refractivity contribution is -0.135. The molecular weight excluding hydrogens is 223 g/mol. The van der Waals surface area contributed by atoms with Crippen molar-refractivity contribution in [3.05, 3.63) is 27.7 Å². The molecule has 4 heteroatoms. The summed E-state index contributed by atoms with van der Waals surface area (Å²) in [6.45, 7) is 1.95. The molecule has 1 aromatic rings. The van der Waals surface area contributed by atoms with Gasteiger partial charge in [0.25, 0.3) is 0 Å². The summed E-state index contributed by atoms with van der Waals surface area (Å²) in [6, 6.07) is 3.37. The van der Waals surface area contributed by atoms with Crippen LogP contribution < -0.4 is 4.74 Å². The molecule has 1 unspecified atom stereocenters. The molecule has 1 atom stereocenters. The summed E-state index contributed by atoms with van der Waals surface area (Å²) in [4.78, 5) is 11.2. The van der Waals surface area contributed by atoms with Gasteiger partial charge in [-0.2, -0.15) is 0 Å². The highest BCUT2D eigenvalue weighted by atomic mass is 35.5. The number of hydrogen-bond donors (Lipinski definition) is 0. The molecule has 1 aliphatic rings. The van der Waals surface area contributed by atoms with Gasteiger partial charge in [-0.1, -0.05) is 30.1 Å². The molecule has 0 aromatic heterocycles. The summed E-state index contributed by atoms with van der Waals surface area (Å²) in [6.07, 6.45) is 0.379. The van der Waals surface area contributed by atoms with E-state index in [0.29, 0.717) is 22.2 Å². The third kappa shape index (κ3) is 1.60. The van der Waals surface area contributed by atoms with Gasteiger partial charge in [-0.25, -0.2) is 0 Å². The lowest BCUT2D eigenvalue weighted by atomic mass is 9.95. The average Bonchev–Trinajstić information content (AvgIpc) is 2.07. The predicted octanol–water partition coefficient (Wildman–Crippen LogP) is 3.41. The van der Waals surface area contributed by atoms with Gasteiger partial charge < -0.3 is 4.74 Å². The van der Waals surface area contributed by atoms with Crippen LogP contribution in [0.1, 0.15) is 24.8 Å². The molecule has 2 nitrogen and oxygen atoms in total. The van der Waals surface area contributed by atoms with Crippen LogP contribution >= 0.6 is 23.2 Å². The van der Waals surface area contributed by atoms with Crippen LogP contribution in [0.25, 0.3) is 0 Å². The van der Waals surface area contributed by atoms with Gasteiger partial charge in [0.1, 0.15) is 0 Å². The maximum Gasteiger partial charge on any atom is 0.311 e. The summed E-state index contributed by atoms with van der Waals surface area (Å²) >= 11 is 11.8. The topological polar surface area (TPSA) is 26.3 Å². The Bertz CT molecular complexity index is 401. The van der Waals surface area contributed by atoms with Crippen molar-refractivity contribution in [2.45, 2.75) is 19.3 Å². The van der Waals surface area contributed by atoms with Crippen LogP contribution in [0.5, 0.6) is 5.75 Å². The molecule has 0 saturated heterocycles. The highest BCUT2D eigenvalue weighted by Crippen LogP contribution is 2.40. The van der Waals surface area contributed by atoms with E-state index in [9.17, 15) is 4.79 Å². The largest absolute Gasteiger partial charge is 0.425 e. The average molecular weight is 231 g/mol. The SMILES string of the molecule is CC1CC(=O)Oc2c(Cl)cc(Cl)cc21. The summed E-state index contributed by atoms with van der Waals surface area (Å²) in [5, 5.41) is 0.964. The van der Waals surface area contributed by atoms with E-state index in [1.165, 1.54) is 0 Å². The lowest BCUT2D eigenvalue weighted by Gasteiger charge is -2.22. The zero-order valence-electron chi connectivity index (χ0n) is 7.51. The molecule has 0 saturated carbocycles. The Morgan fingerprint density at radius 2 is 2.14 bits per heavy atom. The molecule has 0 N–H and O–H groups in total. The molecule has 74 valence electrons. The molecule has 0 fully saturated rings. The number of rotatable bonds is 0. The van der Waals surface area contributed by atoms with Crippen molar-refractivity contribution < 1.29 is 9.53 Å². The third-order valence-corrected chi connectivity index (χ3v) is 2.76. The van der Waals surface area contributed by atoms with Crippen LogP contribution in [0.4, 0.5) is 0 Å². The molecule has 0 spiro atoms. The van der Waals surface area contributed by atoms with E-state index in [4.69, 9.17) is 27.9 Å². The maximum absolute atomic E-state index is 11.2. The second-order valence-electron chi connectivity index (χ2n) is 3.39. The fourth-order valence-corrected chi connectivity index (χ4v) is 2.12. The number of fused-ring (bicyclic) bond motifs is 1. The minimum atomic E-state index is -0.241. The van der Waals surface area contributed by atoms with E-state index in [1.54, 1.807) is 12.1 Å². The number of hydrogen-bond acceptors (Lipinski definition) is 2. The first kappa shape index (κ1) is 9.81. The number of carbonyl (C=O) groups excluding carboxylic acids is 1. The first-order valence-corrected chi connectivity index (χ1v) is 5.03. The van der Waals surface area contributed by atoms with Crippen molar-refractivity contribution in [3.8, 4) is 5.75 Å². The van der Waals surface area contributed by atoms with Crippen LogP contribution in [0.2, 0.25) is 10.0 Å². The van der Waals surface area contributed by atoms with Crippen molar-refractivity contribution in [2.75, 3.05) is 0 Å². The van der Waals surface area contributed by atoms with E-state index in [2.05, 4.69) is 0 Å². The Balaban J connectivity index is 2.58. The van der Waals surface area contributed by atoms with E-state index in [-0.39, 0.29) is 11.9 Å². The summed E-state index contributed by atoms with van der Waals surface area (Å²) in [5.74, 6) is 0.330. The number of carbonyl (C=O) groups is 1. The third-order valence-electron chi connectivity index (χ3n) is 2.26. The van der Waals surface area contributed by atoms with Crippen molar-refractivity contribution in [1.29, 1.82) is 0 Å². The van der Waals surface area contributed by atoms with E-state index >= 15 is 0 Å². The summed E-state index contributed by atoms with van der Waals surface area (Å²) in [5.41, 5.74) is 0.905. The number of esters is 1. The Kier molecular flexibility index (Phi) is 2.41. The van der Waals surface area contributed by atoms with Crippen LogP contribution in [0.3, 0.4) is 0 Å². The van der Waals surface area contributed by atoms with E-state index in [1.807, 2.05) is 6.92 Å². The molecule has 1 heterocycles. The van der Waals surface area contributed by atoms with Gasteiger partial charge in [-0.05, 0) is 18.1 Å². The fraction of sp³-hybridized carbons (Fsp3) is 0.300. The molecule has 0 bridgehead atoms. The van der Waals surface area contributed by atoms with Gasteiger partial charge in [-0.15, -0.1) is 0 Å². The number of benzene rings is 1. The van der Waals surface area contributed by atoms with Gasteiger partial charge in [0.2, 0.25) is 0 Å². The Morgan fingerprint density at radius 3 is 2.86 bits per heavy atom. The van der Waals surface area contributed by atoms with Crippen LogP contribution in [0, 0.1) is 0 Å². The van der Waals surface area contributed by atoms with Crippen molar-refractivity contribution >= 4 is 29.2 Å². The zero-order chi connectivity index (χ0) is 10.3. The van der Waals surface area contributed by atoms with E-state index in [0.717, 1.165) is 5.56 Å². The minimum Gasteiger partial charge on any atom is -0.425 e. The Morgan fingerprint density at radius 1 is 1.43 bits per heavy atom. The molecule has 2 rings (SSSR count). The van der Waals surface area contributed by atoms with Crippen molar-refractivity contribution in [1.82, 2.24) is 0 Å². The molecule has 0 amide bonds. The molecular formula is C10H8Cl2O2. The molecule has 0 aliphatic carbocycles. The lowest BCUT2D eigenvalue weighted by Crippen LogP contribution is -2.18. The van der Waals surface area contributed by atoms with Crippen molar-refractivity contribution in [2.24, 2.45) is 0 Å². The van der Waals surface area contributed by atoms with Gasteiger partial charge >= 0.3 is 5.97 Å². The highest BCUT2D eigenvalue weighted by molar-refractivity contribution is 6.35. The van der Waals surface area contributed by atoms with Gasteiger partial charge in [0, 0.05) is 10.6 Å². The summed E-state index contributed by atoms with van der Waals surface area (Å²) in [7, 11) is 0. The molecule has 0 radical (unpaired) electrons. The zero-order valence-corrected chi connectivity index (χ0v) is 9.02. The smallest absolute Gasteiger partial charge is 0.311 e. The van der Waals surface area contributed by atoms with Crippen LogP contribution in [-0.4, -0.2) is 5.97 Å². The monoisotopic (exact) mass is 230 g/mol. The fourth-order valence-electron chi connectivity index (χ4n) is 1.57. The van der Waals surface area contributed by atoms with Crippen LogP contribution in [-0.2, 0) is 4.79 Å². The van der Waals surface area contributed by atoms with E-state index < -0.39 is 0 Å². The molecule has 1 aromatic carbocycles. The van der Waals surface area contributed by atoms with Gasteiger partial charge in [-0.3, -0.25) is 4.79 Å². The van der Waals surface area contributed by atoms with Crippen LogP contribution in [0.15, 0.2) is 12.1 Å². The standard InChI is InChI=1S/C10H8Cl2O2/c1-5-2-9(13)14-10-7(5)3-6(11)4-8(10)12/h3-5H,2H2,1H3. The summed E-state index contributed by atoms with van der Waals surface area (Å²) < 4.78 is 5.06. The second-order valence-corrected chi connectivity index (χ2v) is 4.23. The maximum atomic E-state index is 11.2. The van der Waals surface area contributed by atoms with Crippen molar-refractivity contribution in [3.63, 3.8) is 0 Å². The Labute approximate surface area is 91.8 Å². The van der Waals surface area contributed by atoms with Gasteiger partial charge in [0.15, 0.2) is 5.75 Å². The quantitative estimate of drug-likeness (QED) is 0.505. The minimum absolute atomic E-state index is 0.113. The molecule has 1 aliphatic heterocycles. The first-order chi connectivity index (χ1) is 6.58. The first-order valence-electron chi connectivity index (χ1n) is 4.27. The second kappa shape index (κ2) is 3.44. The number of halogens is 2. The predicted molar refractivity (Wildman–Crippen MR) is 55.1 cm³/mol.